The largest absolute Gasteiger partial charge is 0.384 e. The lowest BCUT2D eigenvalue weighted by Gasteiger charge is -2.07. The summed E-state index contributed by atoms with van der Waals surface area (Å²) in [5, 5.41) is 14.2. The molecule has 0 radical (unpaired) electrons. The topological polar surface area (TPSA) is 61.4 Å². The summed E-state index contributed by atoms with van der Waals surface area (Å²) in [7, 11) is 0. The van der Waals surface area contributed by atoms with Crippen LogP contribution in [0.1, 0.15) is 30.9 Å². The molecular formula is C15H20N2O2. The van der Waals surface area contributed by atoms with Gasteiger partial charge in [-0.1, -0.05) is 37.3 Å². The highest BCUT2D eigenvalue weighted by Gasteiger charge is 1.99. The van der Waals surface area contributed by atoms with Crippen molar-refractivity contribution in [2.24, 2.45) is 0 Å². The number of nitrogens with one attached hydrogen (secondary N) is 2. The third kappa shape index (κ3) is 6.49. The van der Waals surface area contributed by atoms with Crippen LogP contribution in [0.25, 0.3) is 0 Å². The Hall–Kier alpha value is -1.99. The summed E-state index contributed by atoms with van der Waals surface area (Å²) in [6.07, 6.45) is 2.06. The normalized spacial score (nSPS) is 9.37. The van der Waals surface area contributed by atoms with Gasteiger partial charge in [-0.25, -0.2) is 4.79 Å². The predicted molar refractivity (Wildman–Crippen MR) is 75.6 cm³/mol. The molecule has 19 heavy (non-hydrogen) atoms. The van der Waals surface area contributed by atoms with Crippen LogP contribution >= 0.6 is 0 Å². The molecule has 1 aromatic rings. The number of unbranched alkanes of at least 4 members (excludes halogenated alkanes) is 1. The fourth-order valence-corrected chi connectivity index (χ4v) is 1.47. The summed E-state index contributed by atoms with van der Waals surface area (Å²) in [4.78, 5) is 11.4. The molecule has 0 saturated heterocycles. The van der Waals surface area contributed by atoms with Gasteiger partial charge >= 0.3 is 6.03 Å². The average molecular weight is 260 g/mol. The van der Waals surface area contributed by atoms with E-state index in [1.807, 2.05) is 24.3 Å². The zero-order valence-electron chi connectivity index (χ0n) is 11.2. The van der Waals surface area contributed by atoms with Crippen LogP contribution in [0.2, 0.25) is 0 Å². The van der Waals surface area contributed by atoms with Crippen LogP contribution in [0, 0.1) is 11.8 Å². The predicted octanol–water partition coefficient (Wildman–Crippen LogP) is 1.63. The van der Waals surface area contributed by atoms with E-state index in [0.29, 0.717) is 13.1 Å². The van der Waals surface area contributed by atoms with Gasteiger partial charge in [0, 0.05) is 18.7 Å². The Labute approximate surface area is 114 Å². The van der Waals surface area contributed by atoms with Gasteiger partial charge in [0.2, 0.25) is 0 Å². The molecule has 3 N–H and O–H groups in total. The third-order valence-electron chi connectivity index (χ3n) is 2.53. The van der Waals surface area contributed by atoms with Gasteiger partial charge in [0.1, 0.15) is 6.61 Å². The van der Waals surface area contributed by atoms with Crippen LogP contribution in [-0.4, -0.2) is 24.3 Å². The first-order valence-corrected chi connectivity index (χ1v) is 6.46. The zero-order valence-corrected chi connectivity index (χ0v) is 11.2. The van der Waals surface area contributed by atoms with Gasteiger partial charge in [-0.15, -0.1) is 0 Å². The second kappa shape index (κ2) is 9.01. The van der Waals surface area contributed by atoms with E-state index in [1.54, 1.807) is 0 Å². The van der Waals surface area contributed by atoms with E-state index in [0.717, 1.165) is 24.0 Å². The third-order valence-corrected chi connectivity index (χ3v) is 2.53. The maximum absolute atomic E-state index is 11.4. The van der Waals surface area contributed by atoms with Crippen LogP contribution in [0.4, 0.5) is 4.79 Å². The van der Waals surface area contributed by atoms with E-state index in [-0.39, 0.29) is 12.6 Å². The van der Waals surface area contributed by atoms with E-state index in [2.05, 4.69) is 29.4 Å². The van der Waals surface area contributed by atoms with Crippen molar-refractivity contribution in [1.82, 2.24) is 10.6 Å². The Morgan fingerprint density at radius 3 is 2.63 bits per heavy atom. The minimum absolute atomic E-state index is 0.138. The summed E-state index contributed by atoms with van der Waals surface area (Å²) in [6, 6.07) is 7.42. The summed E-state index contributed by atoms with van der Waals surface area (Å²) >= 11 is 0. The monoisotopic (exact) mass is 260 g/mol. The van der Waals surface area contributed by atoms with Crippen molar-refractivity contribution in [3.05, 3.63) is 35.4 Å². The fourth-order valence-electron chi connectivity index (χ4n) is 1.47. The minimum Gasteiger partial charge on any atom is -0.384 e. The molecule has 0 aliphatic rings. The zero-order chi connectivity index (χ0) is 13.9. The Kier molecular flexibility index (Phi) is 7.14. The van der Waals surface area contributed by atoms with Gasteiger partial charge in [-0.2, -0.15) is 0 Å². The van der Waals surface area contributed by atoms with E-state index >= 15 is 0 Å². The SMILES string of the molecule is CCCCNC(=O)NCc1ccc(C#CCO)cc1. The lowest BCUT2D eigenvalue weighted by molar-refractivity contribution is 0.240. The van der Waals surface area contributed by atoms with Gasteiger partial charge in [0.05, 0.1) is 0 Å². The second-order valence-corrected chi connectivity index (χ2v) is 4.12. The van der Waals surface area contributed by atoms with Crippen LogP contribution in [0.5, 0.6) is 0 Å². The molecule has 0 unspecified atom stereocenters. The highest BCUT2D eigenvalue weighted by atomic mass is 16.2. The summed E-state index contributed by atoms with van der Waals surface area (Å²) < 4.78 is 0. The Morgan fingerprint density at radius 2 is 2.00 bits per heavy atom. The summed E-state index contributed by atoms with van der Waals surface area (Å²) in [6.45, 7) is 3.14. The van der Waals surface area contributed by atoms with Crippen LogP contribution in [0.15, 0.2) is 24.3 Å². The summed E-state index contributed by atoms with van der Waals surface area (Å²) in [5.74, 6) is 5.41. The lowest BCUT2D eigenvalue weighted by Crippen LogP contribution is -2.35. The van der Waals surface area contributed by atoms with Gasteiger partial charge in [0.15, 0.2) is 0 Å². The molecule has 0 aromatic heterocycles. The minimum atomic E-state index is -0.141. The highest BCUT2D eigenvalue weighted by molar-refractivity contribution is 5.73. The Bertz CT molecular complexity index is 443. The highest BCUT2D eigenvalue weighted by Crippen LogP contribution is 2.02. The van der Waals surface area contributed by atoms with E-state index in [1.165, 1.54) is 0 Å². The molecule has 1 rings (SSSR count). The van der Waals surface area contributed by atoms with Crippen molar-refractivity contribution in [3.63, 3.8) is 0 Å². The van der Waals surface area contributed by atoms with Crippen molar-refractivity contribution in [3.8, 4) is 11.8 Å². The van der Waals surface area contributed by atoms with Crippen molar-refractivity contribution in [2.45, 2.75) is 26.3 Å². The van der Waals surface area contributed by atoms with Crippen molar-refractivity contribution in [2.75, 3.05) is 13.2 Å². The average Bonchev–Trinajstić information content (AvgIpc) is 2.44. The first-order valence-electron chi connectivity index (χ1n) is 6.46. The second-order valence-electron chi connectivity index (χ2n) is 4.12. The van der Waals surface area contributed by atoms with E-state index < -0.39 is 0 Å². The van der Waals surface area contributed by atoms with E-state index in [9.17, 15) is 4.79 Å². The van der Waals surface area contributed by atoms with Gasteiger partial charge in [0.25, 0.3) is 0 Å². The number of amides is 2. The van der Waals surface area contributed by atoms with E-state index in [4.69, 9.17) is 5.11 Å². The summed E-state index contributed by atoms with van der Waals surface area (Å²) in [5.41, 5.74) is 1.87. The Morgan fingerprint density at radius 1 is 1.26 bits per heavy atom. The number of carbonyl (C=O) groups is 1. The fraction of sp³-hybridized carbons (Fsp3) is 0.400. The molecule has 0 aliphatic heterocycles. The van der Waals surface area contributed by atoms with Crippen molar-refractivity contribution in [1.29, 1.82) is 0 Å². The van der Waals surface area contributed by atoms with Gasteiger partial charge in [-0.05, 0) is 24.1 Å². The van der Waals surface area contributed by atoms with Gasteiger partial charge < -0.3 is 15.7 Å². The molecule has 2 amide bonds. The number of rotatable bonds is 5. The first kappa shape index (κ1) is 15.1. The number of carbonyl (C=O) groups excluding carboxylic acids is 1. The molecule has 0 bridgehead atoms. The number of aliphatic hydroxyl groups is 1. The molecule has 4 nitrogen and oxygen atoms in total. The number of aliphatic hydroxyl groups excluding tert-OH is 1. The molecule has 4 heteroatoms. The standard InChI is InChI=1S/C15H20N2O2/c1-2-3-10-16-15(19)17-12-14-8-6-13(7-9-14)5-4-11-18/h6-9,18H,2-3,10-12H2,1H3,(H2,16,17,19). The number of benzene rings is 1. The molecule has 1 aromatic carbocycles. The molecule has 0 fully saturated rings. The first-order chi connectivity index (χ1) is 9.26. The van der Waals surface area contributed by atoms with Crippen LogP contribution < -0.4 is 10.6 Å². The molecule has 0 atom stereocenters. The lowest BCUT2D eigenvalue weighted by atomic mass is 10.1. The molecule has 0 saturated carbocycles. The Balaban J connectivity index is 2.35. The molecule has 0 aliphatic carbocycles. The molecule has 102 valence electrons. The maximum Gasteiger partial charge on any atom is 0.315 e. The maximum atomic E-state index is 11.4. The van der Waals surface area contributed by atoms with Crippen LogP contribution in [-0.2, 0) is 6.54 Å². The number of hydrogen-bond donors (Lipinski definition) is 3. The van der Waals surface area contributed by atoms with Crippen LogP contribution in [0.3, 0.4) is 0 Å². The molecule has 0 heterocycles. The van der Waals surface area contributed by atoms with Crippen molar-refractivity contribution >= 4 is 6.03 Å². The number of hydrogen-bond acceptors (Lipinski definition) is 2. The molecule has 0 spiro atoms. The van der Waals surface area contributed by atoms with Crippen molar-refractivity contribution < 1.29 is 9.90 Å². The molecular weight excluding hydrogens is 240 g/mol. The quantitative estimate of drug-likeness (QED) is 0.556. The smallest absolute Gasteiger partial charge is 0.315 e. The van der Waals surface area contributed by atoms with Gasteiger partial charge in [-0.3, -0.25) is 0 Å². The number of urea groups is 1.